The fourth-order valence-electron chi connectivity index (χ4n) is 3.08. The van der Waals surface area contributed by atoms with Crippen LogP contribution in [0.5, 0.6) is 0 Å². The van der Waals surface area contributed by atoms with Gasteiger partial charge in [-0.25, -0.2) is 4.39 Å². The van der Waals surface area contributed by atoms with Crippen molar-refractivity contribution in [2.24, 2.45) is 4.99 Å². The van der Waals surface area contributed by atoms with E-state index in [1.807, 2.05) is 12.1 Å². The zero-order valence-electron chi connectivity index (χ0n) is 11.9. The summed E-state index contributed by atoms with van der Waals surface area (Å²) in [5, 5.41) is 6.88. The van der Waals surface area contributed by atoms with Gasteiger partial charge in [-0.1, -0.05) is 31.0 Å². The average Bonchev–Trinajstić information content (AvgIpc) is 3.01. The van der Waals surface area contributed by atoms with E-state index in [2.05, 4.69) is 15.6 Å². The highest BCUT2D eigenvalue weighted by molar-refractivity contribution is 5.80. The molecule has 4 heteroatoms. The van der Waals surface area contributed by atoms with E-state index in [0.29, 0.717) is 12.1 Å². The summed E-state index contributed by atoms with van der Waals surface area (Å²) in [4.78, 5) is 4.28. The predicted molar refractivity (Wildman–Crippen MR) is 79.4 cm³/mol. The first-order valence-corrected chi connectivity index (χ1v) is 7.52. The van der Waals surface area contributed by atoms with Crippen molar-refractivity contribution in [1.29, 1.82) is 0 Å². The second-order valence-electron chi connectivity index (χ2n) is 5.81. The maximum atomic E-state index is 13.7. The third-order valence-electron chi connectivity index (χ3n) is 4.34. The van der Waals surface area contributed by atoms with Gasteiger partial charge in [-0.15, -0.1) is 0 Å². The first-order chi connectivity index (χ1) is 9.78. The smallest absolute Gasteiger partial charge is 0.191 e. The Morgan fingerprint density at radius 2 is 1.95 bits per heavy atom. The monoisotopic (exact) mass is 275 g/mol. The van der Waals surface area contributed by atoms with Gasteiger partial charge in [0.1, 0.15) is 5.82 Å². The number of halogens is 1. The van der Waals surface area contributed by atoms with Crippen molar-refractivity contribution in [1.82, 2.24) is 10.6 Å². The van der Waals surface area contributed by atoms with E-state index in [1.165, 1.54) is 31.7 Å². The standard InChI is InChI=1S/C16H22FN3/c1-18-16(19-11-6-2-3-7-11)20-15-10-13(15)12-8-4-5-9-14(12)17/h4-5,8-9,11,13,15H,2-3,6-7,10H2,1H3,(H2,18,19,20). The number of guanidine groups is 1. The Balaban J connectivity index is 1.55. The molecule has 0 saturated heterocycles. The first kappa shape index (κ1) is 13.4. The van der Waals surface area contributed by atoms with Crippen molar-refractivity contribution in [2.75, 3.05) is 7.05 Å². The minimum atomic E-state index is -0.0967. The van der Waals surface area contributed by atoms with Crippen molar-refractivity contribution in [2.45, 2.75) is 50.1 Å². The van der Waals surface area contributed by atoms with Crippen LogP contribution >= 0.6 is 0 Å². The van der Waals surface area contributed by atoms with Gasteiger partial charge in [-0.05, 0) is 30.9 Å². The number of nitrogens with one attached hydrogen (secondary N) is 2. The molecule has 2 unspecified atom stereocenters. The molecular formula is C16H22FN3. The van der Waals surface area contributed by atoms with Gasteiger partial charge in [0.05, 0.1) is 0 Å². The van der Waals surface area contributed by atoms with Gasteiger partial charge >= 0.3 is 0 Å². The molecule has 108 valence electrons. The minimum absolute atomic E-state index is 0.0967. The van der Waals surface area contributed by atoms with Crippen molar-refractivity contribution >= 4 is 5.96 Å². The van der Waals surface area contributed by atoms with E-state index in [9.17, 15) is 4.39 Å². The van der Waals surface area contributed by atoms with Crippen LogP contribution in [0.4, 0.5) is 4.39 Å². The molecule has 0 heterocycles. The quantitative estimate of drug-likeness (QED) is 0.657. The second-order valence-corrected chi connectivity index (χ2v) is 5.81. The van der Waals surface area contributed by atoms with Gasteiger partial charge in [0, 0.05) is 25.0 Å². The van der Waals surface area contributed by atoms with Crippen LogP contribution in [-0.4, -0.2) is 25.1 Å². The molecule has 0 radical (unpaired) electrons. The first-order valence-electron chi connectivity index (χ1n) is 7.52. The van der Waals surface area contributed by atoms with Gasteiger partial charge in [0.2, 0.25) is 0 Å². The minimum Gasteiger partial charge on any atom is -0.354 e. The SMILES string of the molecule is CN=C(NC1CCCC1)NC1CC1c1ccccc1F. The van der Waals surface area contributed by atoms with Gasteiger partial charge < -0.3 is 10.6 Å². The number of rotatable bonds is 3. The van der Waals surface area contributed by atoms with E-state index in [-0.39, 0.29) is 11.7 Å². The van der Waals surface area contributed by atoms with Gasteiger partial charge in [0.15, 0.2) is 5.96 Å². The Morgan fingerprint density at radius 3 is 2.65 bits per heavy atom. The van der Waals surface area contributed by atoms with Crippen LogP contribution in [0.3, 0.4) is 0 Å². The Kier molecular flexibility index (Phi) is 3.90. The molecule has 3 rings (SSSR count). The van der Waals surface area contributed by atoms with Gasteiger partial charge in [0.25, 0.3) is 0 Å². The molecule has 2 fully saturated rings. The average molecular weight is 275 g/mol. The Hall–Kier alpha value is -1.58. The van der Waals surface area contributed by atoms with Crippen molar-refractivity contribution in [3.8, 4) is 0 Å². The van der Waals surface area contributed by atoms with E-state index < -0.39 is 0 Å². The number of hydrogen-bond acceptors (Lipinski definition) is 1. The molecule has 0 spiro atoms. The topological polar surface area (TPSA) is 36.4 Å². The number of benzene rings is 1. The summed E-state index contributed by atoms with van der Waals surface area (Å²) in [5.74, 6) is 1.04. The van der Waals surface area contributed by atoms with Crippen LogP contribution in [0.1, 0.15) is 43.6 Å². The zero-order valence-corrected chi connectivity index (χ0v) is 11.9. The molecule has 1 aromatic rings. The fourth-order valence-corrected chi connectivity index (χ4v) is 3.08. The molecule has 2 aliphatic rings. The molecule has 0 aliphatic heterocycles. The molecule has 2 saturated carbocycles. The molecule has 2 atom stereocenters. The summed E-state index contributed by atoms with van der Waals surface area (Å²) < 4.78 is 13.7. The van der Waals surface area contributed by atoms with E-state index >= 15 is 0 Å². The van der Waals surface area contributed by atoms with Gasteiger partial charge in [-0.2, -0.15) is 0 Å². The molecule has 0 aromatic heterocycles. The maximum absolute atomic E-state index is 13.7. The van der Waals surface area contributed by atoms with Crippen LogP contribution in [0.25, 0.3) is 0 Å². The van der Waals surface area contributed by atoms with E-state index in [4.69, 9.17) is 0 Å². The number of hydrogen-bond donors (Lipinski definition) is 2. The highest BCUT2D eigenvalue weighted by Crippen LogP contribution is 2.41. The highest BCUT2D eigenvalue weighted by Gasteiger charge is 2.40. The predicted octanol–water partition coefficient (Wildman–Crippen LogP) is 2.79. The lowest BCUT2D eigenvalue weighted by atomic mass is 10.1. The lowest BCUT2D eigenvalue weighted by Gasteiger charge is -2.17. The summed E-state index contributed by atoms with van der Waals surface area (Å²) in [6.07, 6.45) is 6.03. The van der Waals surface area contributed by atoms with Crippen LogP contribution in [0, 0.1) is 5.82 Å². The third-order valence-corrected chi connectivity index (χ3v) is 4.34. The van der Waals surface area contributed by atoms with Crippen molar-refractivity contribution in [3.63, 3.8) is 0 Å². The zero-order chi connectivity index (χ0) is 13.9. The largest absolute Gasteiger partial charge is 0.354 e. The number of aliphatic imine (C=N–C) groups is 1. The summed E-state index contributed by atoms with van der Waals surface area (Å²) in [7, 11) is 1.80. The summed E-state index contributed by atoms with van der Waals surface area (Å²) >= 11 is 0. The number of nitrogens with zero attached hydrogens (tertiary/aromatic N) is 1. The Morgan fingerprint density at radius 1 is 1.20 bits per heavy atom. The molecule has 20 heavy (non-hydrogen) atoms. The second kappa shape index (κ2) is 5.81. The van der Waals surface area contributed by atoms with Crippen LogP contribution in [0.15, 0.2) is 29.3 Å². The molecule has 0 amide bonds. The van der Waals surface area contributed by atoms with Gasteiger partial charge in [-0.3, -0.25) is 4.99 Å². The molecule has 2 aliphatic carbocycles. The molecule has 2 N–H and O–H groups in total. The Bertz CT molecular complexity index is 494. The molecule has 0 bridgehead atoms. The lowest BCUT2D eigenvalue weighted by Crippen LogP contribution is -2.43. The highest BCUT2D eigenvalue weighted by atomic mass is 19.1. The normalized spacial score (nSPS) is 26.6. The van der Waals surface area contributed by atoms with Crippen molar-refractivity contribution in [3.05, 3.63) is 35.6 Å². The van der Waals surface area contributed by atoms with Crippen LogP contribution < -0.4 is 10.6 Å². The molecular weight excluding hydrogens is 253 g/mol. The fraction of sp³-hybridized carbons (Fsp3) is 0.562. The van der Waals surface area contributed by atoms with Crippen molar-refractivity contribution < 1.29 is 4.39 Å². The summed E-state index contributed by atoms with van der Waals surface area (Å²) in [5.41, 5.74) is 0.821. The third kappa shape index (κ3) is 2.94. The van der Waals surface area contributed by atoms with Crippen LogP contribution in [-0.2, 0) is 0 Å². The molecule has 1 aromatic carbocycles. The summed E-state index contributed by atoms with van der Waals surface area (Å²) in [6.45, 7) is 0. The van der Waals surface area contributed by atoms with Crippen LogP contribution in [0.2, 0.25) is 0 Å². The summed E-state index contributed by atoms with van der Waals surface area (Å²) in [6, 6.07) is 7.92. The lowest BCUT2D eigenvalue weighted by molar-refractivity contribution is 0.601. The Labute approximate surface area is 119 Å². The molecule has 3 nitrogen and oxygen atoms in total. The van der Waals surface area contributed by atoms with E-state index in [0.717, 1.165) is 17.9 Å². The maximum Gasteiger partial charge on any atom is 0.191 e. The van der Waals surface area contributed by atoms with E-state index in [1.54, 1.807) is 13.1 Å².